The quantitative estimate of drug-likeness (QED) is 0.592. The summed E-state index contributed by atoms with van der Waals surface area (Å²) < 4.78 is 33.1. The van der Waals surface area contributed by atoms with Crippen LogP contribution in [0.1, 0.15) is 16.8 Å². The van der Waals surface area contributed by atoms with E-state index in [0.29, 0.717) is 34.1 Å². The van der Waals surface area contributed by atoms with Crippen LogP contribution in [0.5, 0.6) is 5.75 Å². The molecule has 0 atom stereocenters. The number of aromatic nitrogens is 1. The molecule has 0 fully saturated rings. The van der Waals surface area contributed by atoms with Gasteiger partial charge in [0, 0.05) is 18.2 Å². The Morgan fingerprint density at radius 1 is 1.14 bits per heavy atom. The Bertz CT molecular complexity index is 973. The molecule has 0 bridgehead atoms. The lowest BCUT2D eigenvalue weighted by Gasteiger charge is -2.21. The number of ether oxygens (including phenoxy) is 1. The van der Waals surface area contributed by atoms with E-state index in [-0.39, 0.29) is 11.4 Å². The van der Waals surface area contributed by atoms with E-state index in [0.717, 1.165) is 23.9 Å². The fourth-order valence-electron chi connectivity index (χ4n) is 2.78. The molecule has 148 valence electrons. The Labute approximate surface area is 166 Å². The first kappa shape index (κ1) is 20.2. The van der Waals surface area contributed by atoms with Crippen LogP contribution in [0.3, 0.4) is 0 Å². The molecule has 5 nitrogen and oxygen atoms in total. The van der Waals surface area contributed by atoms with Gasteiger partial charge in [0.15, 0.2) is 10.9 Å². The van der Waals surface area contributed by atoms with Crippen molar-refractivity contribution >= 4 is 32.6 Å². The number of carbonyl (C=O) groups excluding carboxylic acids is 1. The van der Waals surface area contributed by atoms with Crippen molar-refractivity contribution in [2.24, 2.45) is 0 Å². The highest BCUT2D eigenvalue weighted by Gasteiger charge is 2.22. The van der Waals surface area contributed by atoms with E-state index in [9.17, 15) is 13.6 Å². The maximum absolute atomic E-state index is 14.1. The molecule has 0 aliphatic heterocycles. The number of amides is 1. The first-order valence-corrected chi connectivity index (χ1v) is 9.57. The summed E-state index contributed by atoms with van der Waals surface area (Å²) in [5.41, 5.74) is 0.540. The van der Waals surface area contributed by atoms with Gasteiger partial charge in [0.25, 0.3) is 5.91 Å². The largest absolute Gasteiger partial charge is 0.497 e. The van der Waals surface area contributed by atoms with Gasteiger partial charge in [-0.2, -0.15) is 0 Å². The normalized spacial score (nSPS) is 11.2. The predicted octanol–water partition coefficient (Wildman–Crippen LogP) is 4.18. The van der Waals surface area contributed by atoms with E-state index in [4.69, 9.17) is 4.74 Å². The van der Waals surface area contributed by atoms with Crippen LogP contribution in [0.4, 0.5) is 13.9 Å². The van der Waals surface area contributed by atoms with Gasteiger partial charge in [0.05, 0.1) is 11.8 Å². The highest BCUT2D eigenvalue weighted by Crippen LogP contribution is 2.32. The van der Waals surface area contributed by atoms with Crippen LogP contribution in [-0.4, -0.2) is 50.1 Å². The lowest BCUT2D eigenvalue weighted by Crippen LogP contribution is -2.33. The molecule has 1 amide bonds. The molecule has 8 heteroatoms. The molecule has 3 rings (SSSR count). The highest BCUT2D eigenvalue weighted by molar-refractivity contribution is 7.22. The minimum absolute atomic E-state index is 0.0709. The van der Waals surface area contributed by atoms with Crippen LogP contribution in [-0.2, 0) is 0 Å². The van der Waals surface area contributed by atoms with Gasteiger partial charge in [-0.25, -0.2) is 13.8 Å². The Balaban J connectivity index is 1.95. The van der Waals surface area contributed by atoms with Gasteiger partial charge >= 0.3 is 0 Å². The van der Waals surface area contributed by atoms with Crippen molar-refractivity contribution in [2.45, 2.75) is 6.42 Å². The number of benzene rings is 2. The molecule has 1 aromatic heterocycles. The summed E-state index contributed by atoms with van der Waals surface area (Å²) in [5, 5.41) is 0.346. The molecule has 0 saturated heterocycles. The number of anilines is 1. The molecule has 28 heavy (non-hydrogen) atoms. The summed E-state index contributed by atoms with van der Waals surface area (Å²) in [5.74, 6) is -1.00. The van der Waals surface area contributed by atoms with Crippen LogP contribution in [0.25, 0.3) is 10.2 Å². The van der Waals surface area contributed by atoms with E-state index >= 15 is 0 Å². The molecule has 0 aliphatic carbocycles. The van der Waals surface area contributed by atoms with E-state index in [1.807, 2.05) is 19.0 Å². The summed E-state index contributed by atoms with van der Waals surface area (Å²) in [4.78, 5) is 20.9. The maximum Gasteiger partial charge on any atom is 0.260 e. The van der Waals surface area contributed by atoms with Crippen LogP contribution < -0.4 is 9.64 Å². The molecule has 3 aromatic rings. The first-order valence-electron chi connectivity index (χ1n) is 8.75. The molecule has 0 N–H and O–H groups in total. The van der Waals surface area contributed by atoms with E-state index in [1.54, 1.807) is 31.4 Å². The van der Waals surface area contributed by atoms with Gasteiger partial charge in [-0.15, -0.1) is 0 Å². The van der Waals surface area contributed by atoms with E-state index in [1.165, 1.54) is 11.0 Å². The minimum Gasteiger partial charge on any atom is -0.497 e. The topological polar surface area (TPSA) is 45.7 Å². The number of hydrogen-bond acceptors (Lipinski definition) is 5. The van der Waals surface area contributed by atoms with Crippen LogP contribution in [0, 0.1) is 11.6 Å². The van der Waals surface area contributed by atoms with Crippen LogP contribution in [0.15, 0.2) is 36.4 Å². The second-order valence-corrected chi connectivity index (χ2v) is 7.58. The zero-order valence-corrected chi connectivity index (χ0v) is 16.7. The van der Waals surface area contributed by atoms with Gasteiger partial charge in [0.1, 0.15) is 17.1 Å². The third-order valence-electron chi connectivity index (χ3n) is 4.20. The van der Waals surface area contributed by atoms with Crippen LogP contribution in [0.2, 0.25) is 0 Å². The summed E-state index contributed by atoms with van der Waals surface area (Å²) in [6.45, 7) is 1.19. The van der Waals surface area contributed by atoms with E-state index in [2.05, 4.69) is 4.98 Å². The van der Waals surface area contributed by atoms with Gasteiger partial charge in [-0.1, -0.05) is 11.3 Å². The molecule has 1 heterocycles. The highest BCUT2D eigenvalue weighted by atomic mass is 32.1. The lowest BCUT2D eigenvalue weighted by molar-refractivity contribution is 0.0986. The molecule has 0 saturated carbocycles. The SMILES string of the molecule is COc1ccc(C(=O)N(CCCN(C)C)c2nc3c(F)cc(F)cc3s2)cc1. The maximum atomic E-state index is 14.1. The summed E-state index contributed by atoms with van der Waals surface area (Å²) in [6, 6.07) is 8.79. The van der Waals surface area contributed by atoms with Crippen molar-refractivity contribution in [2.75, 3.05) is 39.2 Å². The molecule has 0 unspecified atom stereocenters. The number of halogens is 2. The van der Waals surface area contributed by atoms with Crippen molar-refractivity contribution in [3.8, 4) is 5.75 Å². The average molecular weight is 405 g/mol. The number of thiazole rings is 1. The van der Waals surface area contributed by atoms with E-state index < -0.39 is 11.6 Å². The van der Waals surface area contributed by atoms with Crippen LogP contribution >= 0.6 is 11.3 Å². The van der Waals surface area contributed by atoms with Gasteiger partial charge < -0.3 is 9.64 Å². The molecule has 0 aliphatic rings. The number of hydrogen-bond donors (Lipinski definition) is 0. The molecular weight excluding hydrogens is 384 g/mol. The standard InChI is InChI=1S/C20H21F2N3O2S/c1-24(2)9-4-10-25(19(26)13-5-7-15(27-3)8-6-13)20-23-18-16(22)11-14(21)12-17(18)28-20/h5-8,11-12H,4,9-10H2,1-3H3. The van der Waals surface area contributed by atoms with Crippen molar-refractivity contribution < 1.29 is 18.3 Å². The average Bonchev–Trinajstić information content (AvgIpc) is 3.08. The number of nitrogens with zero attached hydrogens (tertiary/aromatic N) is 3. The van der Waals surface area contributed by atoms with Gasteiger partial charge in [-0.3, -0.25) is 9.69 Å². The van der Waals surface area contributed by atoms with Crippen molar-refractivity contribution in [1.82, 2.24) is 9.88 Å². The predicted molar refractivity (Wildman–Crippen MR) is 107 cm³/mol. The second-order valence-electron chi connectivity index (χ2n) is 6.57. The van der Waals surface area contributed by atoms with Gasteiger partial charge in [0.2, 0.25) is 0 Å². The fraction of sp³-hybridized carbons (Fsp3) is 0.300. The van der Waals surface area contributed by atoms with Crippen molar-refractivity contribution in [1.29, 1.82) is 0 Å². The summed E-state index contributed by atoms with van der Waals surface area (Å²) in [6.07, 6.45) is 0.710. The monoisotopic (exact) mass is 405 g/mol. The third kappa shape index (κ3) is 4.45. The molecular formula is C20H21F2N3O2S. The molecule has 0 spiro atoms. The Morgan fingerprint density at radius 2 is 1.86 bits per heavy atom. The first-order chi connectivity index (χ1) is 13.4. The zero-order valence-electron chi connectivity index (χ0n) is 15.9. The third-order valence-corrected chi connectivity index (χ3v) is 5.23. The molecule has 0 radical (unpaired) electrons. The Hall–Kier alpha value is -2.58. The Morgan fingerprint density at radius 3 is 2.50 bits per heavy atom. The number of fused-ring (bicyclic) bond motifs is 1. The fourth-order valence-corrected chi connectivity index (χ4v) is 3.81. The number of methoxy groups -OCH3 is 1. The zero-order chi connectivity index (χ0) is 20.3. The van der Waals surface area contributed by atoms with Gasteiger partial charge in [-0.05, 0) is 57.4 Å². The smallest absolute Gasteiger partial charge is 0.260 e. The van der Waals surface area contributed by atoms with Crippen molar-refractivity contribution in [3.05, 3.63) is 53.6 Å². The minimum atomic E-state index is -0.734. The number of carbonyl (C=O) groups is 1. The second kappa shape index (κ2) is 8.62. The summed E-state index contributed by atoms with van der Waals surface area (Å²) >= 11 is 1.10. The van der Waals surface area contributed by atoms with Crippen molar-refractivity contribution in [3.63, 3.8) is 0 Å². The number of rotatable bonds is 7. The lowest BCUT2D eigenvalue weighted by atomic mass is 10.2. The Kier molecular flexibility index (Phi) is 6.21. The molecule has 2 aromatic carbocycles. The summed E-state index contributed by atoms with van der Waals surface area (Å²) in [7, 11) is 5.45.